The minimum Gasteiger partial charge on any atom is -0.496 e. The van der Waals surface area contributed by atoms with Crippen LogP contribution in [-0.2, 0) is 12.8 Å². The van der Waals surface area contributed by atoms with E-state index >= 15 is 0 Å². The maximum Gasteiger partial charge on any atom is 0.122 e. The first-order valence-corrected chi connectivity index (χ1v) is 5.92. The van der Waals surface area contributed by atoms with Gasteiger partial charge in [-0.3, -0.25) is 0 Å². The van der Waals surface area contributed by atoms with Gasteiger partial charge in [0.2, 0.25) is 0 Å². The van der Waals surface area contributed by atoms with Crippen molar-refractivity contribution in [2.24, 2.45) is 5.92 Å². The molecule has 0 fully saturated rings. The summed E-state index contributed by atoms with van der Waals surface area (Å²) in [5.41, 5.74) is 2.50. The molecule has 0 saturated carbocycles. The number of hydrogen-bond donors (Lipinski definition) is 1. The predicted molar refractivity (Wildman–Crippen MR) is 66.9 cm³/mol. The molecule has 1 N–H and O–H groups in total. The summed E-state index contributed by atoms with van der Waals surface area (Å²) in [5, 5.41) is 9.48. The number of aliphatic hydroxyl groups is 1. The topological polar surface area (TPSA) is 29.5 Å². The molecule has 90 valence electrons. The quantitative estimate of drug-likeness (QED) is 0.830. The molecule has 2 nitrogen and oxygen atoms in total. The van der Waals surface area contributed by atoms with Crippen LogP contribution in [0.1, 0.15) is 31.9 Å². The fraction of sp³-hybridized carbons (Fsp3) is 0.571. The van der Waals surface area contributed by atoms with Gasteiger partial charge in [0.1, 0.15) is 5.75 Å². The lowest BCUT2D eigenvalue weighted by Crippen LogP contribution is -2.15. The van der Waals surface area contributed by atoms with E-state index in [2.05, 4.69) is 26.0 Å². The second kappa shape index (κ2) is 5.90. The number of benzene rings is 1. The Morgan fingerprint density at radius 1 is 1.31 bits per heavy atom. The Labute approximate surface area is 98.3 Å². The molecular weight excluding hydrogens is 200 g/mol. The Bertz CT molecular complexity index is 332. The van der Waals surface area contributed by atoms with Crippen LogP contribution in [0.25, 0.3) is 0 Å². The van der Waals surface area contributed by atoms with E-state index in [4.69, 9.17) is 4.74 Å². The summed E-state index contributed by atoms with van der Waals surface area (Å²) in [4.78, 5) is 0. The van der Waals surface area contributed by atoms with Gasteiger partial charge in [0.05, 0.1) is 13.2 Å². The molecule has 0 aliphatic carbocycles. The normalized spacial score (nSPS) is 14.6. The molecule has 1 aromatic rings. The zero-order valence-electron chi connectivity index (χ0n) is 10.7. The molecule has 1 aromatic carbocycles. The SMILES string of the molecule is CCc1cc(CC(C)C(C)O)ccc1OC. The monoisotopic (exact) mass is 222 g/mol. The van der Waals surface area contributed by atoms with Crippen molar-refractivity contribution in [3.05, 3.63) is 29.3 Å². The zero-order chi connectivity index (χ0) is 12.1. The highest BCUT2D eigenvalue weighted by atomic mass is 16.5. The van der Waals surface area contributed by atoms with Gasteiger partial charge in [-0.15, -0.1) is 0 Å². The van der Waals surface area contributed by atoms with Gasteiger partial charge in [-0.1, -0.05) is 26.0 Å². The lowest BCUT2D eigenvalue weighted by Gasteiger charge is -2.16. The molecule has 0 aliphatic heterocycles. The Morgan fingerprint density at radius 3 is 2.50 bits per heavy atom. The van der Waals surface area contributed by atoms with Crippen molar-refractivity contribution in [3.8, 4) is 5.75 Å². The highest BCUT2D eigenvalue weighted by molar-refractivity contribution is 5.37. The summed E-state index contributed by atoms with van der Waals surface area (Å²) in [6.07, 6.45) is 1.63. The summed E-state index contributed by atoms with van der Waals surface area (Å²) in [6.45, 7) is 6.04. The highest BCUT2D eigenvalue weighted by Gasteiger charge is 2.10. The predicted octanol–water partition coefficient (Wildman–Crippen LogP) is 2.82. The van der Waals surface area contributed by atoms with Crippen molar-refractivity contribution in [2.45, 2.75) is 39.7 Å². The van der Waals surface area contributed by atoms with Gasteiger partial charge >= 0.3 is 0 Å². The molecule has 2 heteroatoms. The summed E-state index contributed by atoms with van der Waals surface area (Å²) < 4.78 is 5.29. The molecule has 2 atom stereocenters. The van der Waals surface area contributed by atoms with Crippen molar-refractivity contribution in [3.63, 3.8) is 0 Å². The number of hydrogen-bond acceptors (Lipinski definition) is 2. The van der Waals surface area contributed by atoms with Crippen LogP contribution in [-0.4, -0.2) is 18.3 Å². The molecular formula is C14H22O2. The fourth-order valence-corrected chi connectivity index (χ4v) is 1.78. The molecule has 16 heavy (non-hydrogen) atoms. The van der Waals surface area contributed by atoms with Crippen molar-refractivity contribution in [1.82, 2.24) is 0 Å². The summed E-state index contributed by atoms with van der Waals surface area (Å²) >= 11 is 0. The fourth-order valence-electron chi connectivity index (χ4n) is 1.78. The minimum atomic E-state index is -0.257. The molecule has 0 amide bonds. The van der Waals surface area contributed by atoms with Crippen LogP contribution in [0.2, 0.25) is 0 Å². The highest BCUT2D eigenvalue weighted by Crippen LogP contribution is 2.22. The van der Waals surface area contributed by atoms with E-state index in [1.165, 1.54) is 11.1 Å². The van der Waals surface area contributed by atoms with E-state index < -0.39 is 0 Å². The zero-order valence-corrected chi connectivity index (χ0v) is 10.7. The first-order valence-electron chi connectivity index (χ1n) is 5.92. The van der Waals surface area contributed by atoms with E-state index in [1.54, 1.807) is 7.11 Å². The minimum absolute atomic E-state index is 0.257. The first-order chi connectivity index (χ1) is 7.58. The van der Waals surface area contributed by atoms with Crippen LogP contribution in [0, 0.1) is 5.92 Å². The number of aryl methyl sites for hydroxylation is 1. The Hall–Kier alpha value is -1.02. The van der Waals surface area contributed by atoms with Crippen molar-refractivity contribution in [1.29, 1.82) is 0 Å². The third-order valence-electron chi connectivity index (χ3n) is 3.11. The van der Waals surface area contributed by atoms with Crippen LogP contribution in [0.5, 0.6) is 5.75 Å². The van der Waals surface area contributed by atoms with Gasteiger partial charge in [0.15, 0.2) is 0 Å². The lowest BCUT2D eigenvalue weighted by molar-refractivity contribution is 0.135. The number of rotatable bonds is 5. The maximum atomic E-state index is 9.48. The summed E-state index contributed by atoms with van der Waals surface area (Å²) in [5.74, 6) is 1.24. The van der Waals surface area contributed by atoms with Crippen LogP contribution in [0.4, 0.5) is 0 Å². The molecule has 0 aromatic heterocycles. The summed E-state index contributed by atoms with van der Waals surface area (Å²) in [7, 11) is 1.70. The van der Waals surface area contributed by atoms with Gasteiger partial charge in [-0.2, -0.15) is 0 Å². The lowest BCUT2D eigenvalue weighted by atomic mass is 9.95. The van der Waals surface area contributed by atoms with E-state index in [9.17, 15) is 5.11 Å². The average molecular weight is 222 g/mol. The maximum absolute atomic E-state index is 9.48. The van der Waals surface area contributed by atoms with Crippen LogP contribution < -0.4 is 4.74 Å². The molecule has 0 saturated heterocycles. The smallest absolute Gasteiger partial charge is 0.122 e. The molecule has 0 radical (unpaired) electrons. The third-order valence-corrected chi connectivity index (χ3v) is 3.11. The van der Waals surface area contributed by atoms with Crippen LogP contribution in [0.15, 0.2) is 18.2 Å². The van der Waals surface area contributed by atoms with Gasteiger partial charge < -0.3 is 9.84 Å². The Kier molecular flexibility index (Phi) is 4.81. The van der Waals surface area contributed by atoms with Gasteiger partial charge in [-0.05, 0) is 42.9 Å². The van der Waals surface area contributed by atoms with Gasteiger partial charge in [0.25, 0.3) is 0 Å². The van der Waals surface area contributed by atoms with Crippen LogP contribution in [0.3, 0.4) is 0 Å². The molecule has 1 rings (SSSR count). The Balaban J connectivity index is 2.82. The number of ether oxygens (including phenoxy) is 1. The van der Waals surface area contributed by atoms with Gasteiger partial charge in [-0.25, -0.2) is 0 Å². The van der Waals surface area contributed by atoms with E-state index in [1.807, 2.05) is 13.0 Å². The molecule has 0 aliphatic rings. The van der Waals surface area contributed by atoms with E-state index in [0.717, 1.165) is 18.6 Å². The van der Waals surface area contributed by atoms with Crippen molar-refractivity contribution < 1.29 is 9.84 Å². The summed E-state index contributed by atoms with van der Waals surface area (Å²) in [6, 6.07) is 6.28. The standard InChI is InChI=1S/C14H22O2/c1-5-13-9-12(6-7-14(13)16-4)8-10(2)11(3)15/h6-7,9-11,15H,5,8H2,1-4H3. The third kappa shape index (κ3) is 3.24. The molecule has 0 spiro atoms. The van der Waals surface area contributed by atoms with E-state index in [0.29, 0.717) is 0 Å². The van der Waals surface area contributed by atoms with Crippen molar-refractivity contribution in [2.75, 3.05) is 7.11 Å². The van der Waals surface area contributed by atoms with Crippen LogP contribution >= 0.6 is 0 Å². The molecule has 0 bridgehead atoms. The first kappa shape index (κ1) is 13.0. The van der Waals surface area contributed by atoms with Crippen molar-refractivity contribution >= 4 is 0 Å². The largest absolute Gasteiger partial charge is 0.496 e. The number of aliphatic hydroxyl groups excluding tert-OH is 1. The average Bonchev–Trinajstić information content (AvgIpc) is 2.28. The number of methoxy groups -OCH3 is 1. The van der Waals surface area contributed by atoms with Gasteiger partial charge in [0, 0.05) is 0 Å². The second-order valence-electron chi connectivity index (χ2n) is 4.42. The molecule has 2 unspecified atom stereocenters. The molecule has 0 heterocycles. The van der Waals surface area contributed by atoms with E-state index in [-0.39, 0.29) is 12.0 Å². The second-order valence-corrected chi connectivity index (χ2v) is 4.42. The Morgan fingerprint density at radius 2 is 2.00 bits per heavy atom.